The lowest BCUT2D eigenvalue weighted by atomic mass is 10.0. The van der Waals surface area contributed by atoms with E-state index >= 15 is 0 Å². The van der Waals surface area contributed by atoms with Crippen LogP contribution in [0.5, 0.6) is 0 Å². The minimum Gasteiger partial charge on any atom is -0.392 e. The Morgan fingerprint density at radius 3 is 3.06 bits per heavy atom. The molecule has 1 aliphatic rings. The van der Waals surface area contributed by atoms with E-state index in [1.54, 1.807) is 6.07 Å². The van der Waals surface area contributed by atoms with Gasteiger partial charge in [-0.1, -0.05) is 6.07 Å². The molecule has 1 aromatic rings. The van der Waals surface area contributed by atoms with Crippen LogP contribution in [-0.4, -0.2) is 29.2 Å². The zero-order chi connectivity index (χ0) is 11.5. The number of aliphatic hydroxyl groups excluding tert-OH is 1. The highest BCUT2D eigenvalue weighted by Gasteiger charge is 2.18. The molecule has 1 aromatic carbocycles. The molecule has 1 heterocycles. The van der Waals surface area contributed by atoms with Crippen molar-refractivity contribution in [1.29, 1.82) is 0 Å². The molecule has 2 nitrogen and oxygen atoms in total. The van der Waals surface area contributed by atoms with Crippen LogP contribution in [-0.2, 0) is 6.54 Å². The van der Waals surface area contributed by atoms with E-state index in [1.807, 2.05) is 13.0 Å². The second-order valence-corrected chi connectivity index (χ2v) is 4.60. The molecule has 1 N–H and O–H groups in total. The number of halogens is 1. The highest BCUT2D eigenvalue weighted by atomic mass is 19.1. The maximum atomic E-state index is 13.1. The van der Waals surface area contributed by atoms with Crippen molar-refractivity contribution < 1.29 is 9.50 Å². The van der Waals surface area contributed by atoms with Crippen molar-refractivity contribution in [2.45, 2.75) is 32.4 Å². The van der Waals surface area contributed by atoms with E-state index in [1.165, 1.54) is 6.07 Å². The zero-order valence-corrected chi connectivity index (χ0v) is 9.62. The van der Waals surface area contributed by atoms with E-state index in [9.17, 15) is 9.50 Å². The fourth-order valence-electron chi connectivity index (χ4n) is 2.23. The van der Waals surface area contributed by atoms with Gasteiger partial charge in [-0.25, -0.2) is 4.39 Å². The van der Waals surface area contributed by atoms with Crippen molar-refractivity contribution in [3.8, 4) is 0 Å². The van der Waals surface area contributed by atoms with Crippen molar-refractivity contribution in [2.24, 2.45) is 0 Å². The van der Waals surface area contributed by atoms with Crippen molar-refractivity contribution >= 4 is 0 Å². The molecule has 16 heavy (non-hydrogen) atoms. The molecule has 1 fully saturated rings. The third kappa shape index (κ3) is 2.80. The van der Waals surface area contributed by atoms with E-state index < -0.39 is 0 Å². The van der Waals surface area contributed by atoms with E-state index in [-0.39, 0.29) is 11.9 Å². The number of rotatable bonds is 2. The molecule has 0 bridgehead atoms. The Kier molecular flexibility index (Phi) is 3.56. The Morgan fingerprint density at radius 1 is 1.50 bits per heavy atom. The summed E-state index contributed by atoms with van der Waals surface area (Å²) in [5, 5.41) is 9.57. The fourth-order valence-corrected chi connectivity index (χ4v) is 2.23. The molecule has 1 atom stereocenters. The lowest BCUT2D eigenvalue weighted by Gasteiger charge is -2.30. The third-order valence-corrected chi connectivity index (χ3v) is 3.19. The first-order chi connectivity index (χ1) is 7.65. The Morgan fingerprint density at radius 2 is 2.31 bits per heavy atom. The molecular weight excluding hydrogens is 205 g/mol. The predicted octanol–water partition coefficient (Wildman–Crippen LogP) is 2.09. The van der Waals surface area contributed by atoms with Gasteiger partial charge in [-0.2, -0.15) is 0 Å². The lowest BCUT2D eigenvalue weighted by molar-refractivity contribution is 0.0667. The summed E-state index contributed by atoms with van der Waals surface area (Å²) in [6.45, 7) is 4.43. The molecule has 0 unspecified atom stereocenters. The van der Waals surface area contributed by atoms with Gasteiger partial charge in [0.25, 0.3) is 0 Å². The normalized spacial score (nSPS) is 22.3. The van der Waals surface area contributed by atoms with Crippen LogP contribution in [0, 0.1) is 12.7 Å². The first kappa shape index (κ1) is 11.6. The van der Waals surface area contributed by atoms with E-state index in [0.717, 1.165) is 37.1 Å². The van der Waals surface area contributed by atoms with Crippen LogP contribution in [0.25, 0.3) is 0 Å². The summed E-state index contributed by atoms with van der Waals surface area (Å²) in [4.78, 5) is 2.19. The second kappa shape index (κ2) is 4.93. The minimum absolute atomic E-state index is 0.182. The van der Waals surface area contributed by atoms with Gasteiger partial charge in [0.15, 0.2) is 0 Å². The number of benzene rings is 1. The largest absolute Gasteiger partial charge is 0.392 e. The van der Waals surface area contributed by atoms with Crippen LogP contribution in [0.2, 0.25) is 0 Å². The van der Waals surface area contributed by atoms with Crippen LogP contribution in [0.15, 0.2) is 18.2 Å². The highest BCUT2D eigenvalue weighted by molar-refractivity contribution is 5.26. The van der Waals surface area contributed by atoms with Crippen LogP contribution in [0.4, 0.5) is 4.39 Å². The quantitative estimate of drug-likeness (QED) is 0.830. The van der Waals surface area contributed by atoms with Gasteiger partial charge in [0.1, 0.15) is 5.82 Å². The van der Waals surface area contributed by atoms with E-state index in [4.69, 9.17) is 0 Å². The summed E-state index contributed by atoms with van der Waals surface area (Å²) in [6.07, 6.45) is 1.69. The fraction of sp³-hybridized carbons (Fsp3) is 0.538. The number of likely N-dealkylation sites (tertiary alicyclic amines) is 1. The molecule has 0 radical (unpaired) electrons. The molecule has 0 aliphatic carbocycles. The number of hydrogen-bond donors (Lipinski definition) is 1. The van der Waals surface area contributed by atoms with Gasteiger partial charge in [0, 0.05) is 13.1 Å². The van der Waals surface area contributed by atoms with Crippen LogP contribution in [0.1, 0.15) is 24.0 Å². The minimum atomic E-state index is -0.220. The van der Waals surface area contributed by atoms with Gasteiger partial charge in [-0.15, -0.1) is 0 Å². The van der Waals surface area contributed by atoms with Gasteiger partial charge < -0.3 is 5.11 Å². The molecule has 0 saturated carbocycles. The molecule has 3 heteroatoms. The summed E-state index contributed by atoms with van der Waals surface area (Å²) in [7, 11) is 0. The van der Waals surface area contributed by atoms with Crippen molar-refractivity contribution in [3.05, 3.63) is 35.1 Å². The van der Waals surface area contributed by atoms with Crippen LogP contribution >= 0.6 is 0 Å². The summed E-state index contributed by atoms with van der Waals surface area (Å²) in [5.74, 6) is -0.182. The number of aryl methyl sites for hydroxylation is 1. The van der Waals surface area contributed by atoms with Crippen molar-refractivity contribution in [3.63, 3.8) is 0 Å². The van der Waals surface area contributed by atoms with Gasteiger partial charge in [0.05, 0.1) is 6.10 Å². The standard InChI is InChI=1S/C13H18FNO/c1-10-4-5-12(14)7-11(10)8-15-6-2-3-13(16)9-15/h4-5,7,13,16H,2-3,6,8-9H2,1H3/t13-/m0/s1. The van der Waals surface area contributed by atoms with Gasteiger partial charge >= 0.3 is 0 Å². The topological polar surface area (TPSA) is 23.5 Å². The van der Waals surface area contributed by atoms with Gasteiger partial charge in [0.2, 0.25) is 0 Å². The number of β-amino-alcohol motifs (C(OH)–C–C–N with tert-alkyl or cyclic N) is 1. The number of piperidine rings is 1. The van der Waals surface area contributed by atoms with Crippen molar-refractivity contribution in [1.82, 2.24) is 4.90 Å². The Bertz CT molecular complexity index is 367. The molecule has 88 valence electrons. The molecule has 2 rings (SSSR count). The van der Waals surface area contributed by atoms with E-state index in [0.29, 0.717) is 6.54 Å². The second-order valence-electron chi connectivity index (χ2n) is 4.60. The maximum absolute atomic E-state index is 13.1. The Labute approximate surface area is 95.7 Å². The third-order valence-electron chi connectivity index (χ3n) is 3.19. The Hall–Kier alpha value is -0.930. The molecule has 1 saturated heterocycles. The molecular formula is C13H18FNO. The van der Waals surface area contributed by atoms with Gasteiger partial charge in [-0.3, -0.25) is 4.90 Å². The predicted molar refractivity (Wildman–Crippen MR) is 61.7 cm³/mol. The number of aliphatic hydroxyl groups is 1. The monoisotopic (exact) mass is 223 g/mol. The average molecular weight is 223 g/mol. The molecule has 0 spiro atoms. The number of hydrogen-bond acceptors (Lipinski definition) is 2. The van der Waals surface area contributed by atoms with Crippen molar-refractivity contribution in [2.75, 3.05) is 13.1 Å². The van der Waals surface area contributed by atoms with Crippen LogP contribution in [0.3, 0.4) is 0 Å². The SMILES string of the molecule is Cc1ccc(F)cc1CN1CCC[C@H](O)C1. The van der Waals surface area contributed by atoms with E-state index in [2.05, 4.69) is 4.90 Å². The molecule has 0 aromatic heterocycles. The van der Waals surface area contributed by atoms with Gasteiger partial charge in [-0.05, 0) is 49.6 Å². The average Bonchev–Trinajstić information content (AvgIpc) is 2.24. The van der Waals surface area contributed by atoms with Crippen LogP contribution < -0.4 is 0 Å². The zero-order valence-electron chi connectivity index (χ0n) is 9.62. The first-order valence-corrected chi connectivity index (χ1v) is 5.80. The smallest absolute Gasteiger partial charge is 0.123 e. The molecule has 1 aliphatic heterocycles. The highest BCUT2D eigenvalue weighted by Crippen LogP contribution is 2.16. The summed E-state index contributed by atoms with van der Waals surface area (Å²) < 4.78 is 13.1. The first-order valence-electron chi connectivity index (χ1n) is 5.80. The lowest BCUT2D eigenvalue weighted by Crippen LogP contribution is -2.37. The summed E-state index contributed by atoms with van der Waals surface area (Å²) in [5.41, 5.74) is 2.13. The summed E-state index contributed by atoms with van der Waals surface area (Å²) in [6, 6.07) is 4.89. The maximum Gasteiger partial charge on any atom is 0.123 e. The Balaban J connectivity index is 2.05. The summed E-state index contributed by atoms with van der Waals surface area (Å²) >= 11 is 0. The molecule has 0 amide bonds. The number of nitrogens with zero attached hydrogens (tertiary/aromatic N) is 1.